The Bertz CT molecular complexity index is 434. The Kier molecular flexibility index (Phi) is 3.93. The zero-order valence-corrected chi connectivity index (χ0v) is 10.8. The molecule has 1 aliphatic rings. The second-order valence-corrected chi connectivity index (χ2v) is 4.96. The van der Waals surface area contributed by atoms with E-state index in [9.17, 15) is 4.79 Å². The third kappa shape index (κ3) is 3.05. The minimum absolute atomic E-state index is 0.121. The fraction of sp³-hybridized carbons (Fsp3) is 0.538. The highest BCUT2D eigenvalue weighted by Crippen LogP contribution is 2.15. The molecule has 0 bridgehead atoms. The Hall–Kier alpha value is -1.46. The number of likely N-dealkylation sites (tertiary alicyclic amines) is 1. The number of carbonyl (C=O) groups is 1. The number of hydrogen-bond donors (Lipinski definition) is 1. The normalized spacial score (nSPS) is 20.5. The maximum Gasteiger partial charge on any atom is 0.354 e. The third-order valence-electron chi connectivity index (χ3n) is 3.39. The highest BCUT2D eigenvalue weighted by molar-refractivity contribution is 5.85. The highest BCUT2D eigenvalue weighted by atomic mass is 16.4. The number of aromatic nitrogens is 1. The molecule has 1 saturated heterocycles. The molecule has 1 fully saturated rings. The molecule has 1 aromatic rings. The van der Waals surface area contributed by atoms with Crippen LogP contribution in [0.3, 0.4) is 0 Å². The van der Waals surface area contributed by atoms with Gasteiger partial charge in [0.2, 0.25) is 0 Å². The molecule has 5 heteroatoms. The number of carboxylic acids is 1. The van der Waals surface area contributed by atoms with Gasteiger partial charge in [0.05, 0.1) is 5.69 Å². The molecule has 0 radical (unpaired) electrons. The molecule has 98 valence electrons. The predicted octanol–water partition coefficient (Wildman–Crippen LogP) is 0.916. The van der Waals surface area contributed by atoms with Crippen LogP contribution in [-0.4, -0.2) is 59.1 Å². The molecule has 1 atom stereocenters. The van der Waals surface area contributed by atoms with Crippen molar-refractivity contribution in [2.45, 2.75) is 19.0 Å². The van der Waals surface area contributed by atoms with Gasteiger partial charge in [-0.25, -0.2) is 9.78 Å². The Morgan fingerprint density at radius 1 is 1.56 bits per heavy atom. The smallest absolute Gasteiger partial charge is 0.354 e. The van der Waals surface area contributed by atoms with Crippen molar-refractivity contribution in [2.75, 3.05) is 27.2 Å². The predicted molar refractivity (Wildman–Crippen MR) is 68.6 cm³/mol. The van der Waals surface area contributed by atoms with Crippen molar-refractivity contribution in [2.24, 2.45) is 0 Å². The molecule has 0 aromatic carbocycles. The molecule has 0 saturated carbocycles. The Balaban J connectivity index is 1.98. The van der Waals surface area contributed by atoms with Crippen LogP contribution in [0.1, 0.15) is 22.6 Å². The number of pyridine rings is 1. The molecule has 1 unspecified atom stereocenters. The minimum Gasteiger partial charge on any atom is -0.477 e. The summed E-state index contributed by atoms with van der Waals surface area (Å²) in [5.41, 5.74) is 0.949. The topological polar surface area (TPSA) is 56.7 Å². The Morgan fingerprint density at radius 2 is 2.33 bits per heavy atom. The van der Waals surface area contributed by atoms with Gasteiger partial charge in [-0.15, -0.1) is 0 Å². The second kappa shape index (κ2) is 5.46. The maximum absolute atomic E-state index is 10.8. The van der Waals surface area contributed by atoms with Crippen LogP contribution in [0.5, 0.6) is 0 Å². The molecule has 5 nitrogen and oxygen atoms in total. The van der Waals surface area contributed by atoms with E-state index in [0.29, 0.717) is 6.04 Å². The number of hydrogen-bond acceptors (Lipinski definition) is 4. The maximum atomic E-state index is 10.8. The van der Waals surface area contributed by atoms with Crippen molar-refractivity contribution >= 4 is 5.97 Å². The van der Waals surface area contributed by atoms with Gasteiger partial charge in [-0.1, -0.05) is 6.07 Å². The first-order valence-electron chi connectivity index (χ1n) is 6.14. The summed E-state index contributed by atoms with van der Waals surface area (Å²) in [5.74, 6) is -0.968. The monoisotopic (exact) mass is 249 g/mol. The summed E-state index contributed by atoms with van der Waals surface area (Å²) >= 11 is 0. The summed E-state index contributed by atoms with van der Waals surface area (Å²) in [6.45, 7) is 2.79. The Morgan fingerprint density at radius 3 is 2.94 bits per heavy atom. The van der Waals surface area contributed by atoms with Crippen molar-refractivity contribution in [1.29, 1.82) is 0 Å². The van der Waals surface area contributed by atoms with Crippen molar-refractivity contribution in [3.63, 3.8) is 0 Å². The first-order chi connectivity index (χ1) is 8.56. The lowest BCUT2D eigenvalue weighted by atomic mass is 10.2. The lowest BCUT2D eigenvalue weighted by Gasteiger charge is -2.20. The number of rotatable bonds is 4. The van der Waals surface area contributed by atoms with Gasteiger partial charge in [0.1, 0.15) is 5.69 Å². The standard InChI is InChI=1S/C13H19N3O2/c1-15(2)11-6-7-16(9-11)8-10-4-3-5-12(14-10)13(17)18/h3-5,11H,6-9H2,1-2H3,(H,17,18). The van der Waals surface area contributed by atoms with Crippen molar-refractivity contribution in [3.05, 3.63) is 29.6 Å². The highest BCUT2D eigenvalue weighted by Gasteiger charge is 2.24. The average molecular weight is 249 g/mol. The van der Waals surface area contributed by atoms with Crippen LogP contribution in [0.2, 0.25) is 0 Å². The van der Waals surface area contributed by atoms with E-state index in [1.807, 2.05) is 6.07 Å². The molecule has 18 heavy (non-hydrogen) atoms. The van der Waals surface area contributed by atoms with Crippen LogP contribution in [-0.2, 0) is 6.54 Å². The van der Waals surface area contributed by atoms with Gasteiger partial charge in [0.25, 0.3) is 0 Å². The van der Waals surface area contributed by atoms with E-state index in [4.69, 9.17) is 5.11 Å². The molecule has 0 spiro atoms. The van der Waals surface area contributed by atoms with Crippen LogP contribution in [0.15, 0.2) is 18.2 Å². The zero-order chi connectivity index (χ0) is 13.1. The quantitative estimate of drug-likeness (QED) is 0.859. The first kappa shape index (κ1) is 13.0. The largest absolute Gasteiger partial charge is 0.477 e. The van der Waals surface area contributed by atoms with Crippen LogP contribution in [0, 0.1) is 0 Å². The van der Waals surface area contributed by atoms with E-state index in [1.165, 1.54) is 6.07 Å². The Labute approximate surface area is 107 Å². The van der Waals surface area contributed by atoms with E-state index in [-0.39, 0.29) is 5.69 Å². The van der Waals surface area contributed by atoms with E-state index < -0.39 is 5.97 Å². The molecule has 2 rings (SSSR count). The van der Waals surface area contributed by atoms with Gasteiger partial charge in [-0.2, -0.15) is 0 Å². The van der Waals surface area contributed by atoms with Gasteiger partial charge < -0.3 is 10.0 Å². The van der Waals surface area contributed by atoms with Crippen molar-refractivity contribution < 1.29 is 9.90 Å². The summed E-state index contributed by atoms with van der Waals surface area (Å²) in [5, 5.41) is 8.90. The van der Waals surface area contributed by atoms with E-state index in [2.05, 4.69) is 28.9 Å². The third-order valence-corrected chi connectivity index (χ3v) is 3.39. The van der Waals surface area contributed by atoms with Crippen molar-refractivity contribution in [1.82, 2.24) is 14.8 Å². The summed E-state index contributed by atoms with van der Waals surface area (Å²) in [6.07, 6.45) is 1.16. The number of nitrogens with zero attached hydrogens (tertiary/aromatic N) is 3. The number of aromatic carboxylic acids is 1. The molecule has 1 N–H and O–H groups in total. The zero-order valence-electron chi connectivity index (χ0n) is 10.8. The average Bonchev–Trinajstić information content (AvgIpc) is 2.78. The molecule has 0 amide bonds. The van der Waals surface area contributed by atoms with Gasteiger partial charge in [0, 0.05) is 25.7 Å². The van der Waals surface area contributed by atoms with Crippen LogP contribution >= 0.6 is 0 Å². The number of likely N-dealkylation sites (N-methyl/N-ethyl adjacent to an activating group) is 1. The van der Waals surface area contributed by atoms with E-state index >= 15 is 0 Å². The van der Waals surface area contributed by atoms with Crippen LogP contribution in [0.25, 0.3) is 0 Å². The minimum atomic E-state index is -0.968. The van der Waals surface area contributed by atoms with Crippen LogP contribution in [0.4, 0.5) is 0 Å². The van der Waals surface area contributed by atoms with Gasteiger partial charge in [-0.05, 0) is 32.6 Å². The fourth-order valence-electron chi connectivity index (χ4n) is 2.29. The van der Waals surface area contributed by atoms with E-state index in [0.717, 1.165) is 31.7 Å². The van der Waals surface area contributed by atoms with Gasteiger partial charge in [-0.3, -0.25) is 4.90 Å². The molecule has 2 heterocycles. The van der Waals surface area contributed by atoms with Crippen molar-refractivity contribution in [3.8, 4) is 0 Å². The summed E-state index contributed by atoms with van der Waals surface area (Å²) in [7, 11) is 4.19. The molecule has 1 aliphatic heterocycles. The second-order valence-electron chi connectivity index (χ2n) is 4.96. The fourth-order valence-corrected chi connectivity index (χ4v) is 2.29. The summed E-state index contributed by atoms with van der Waals surface area (Å²) in [6, 6.07) is 5.76. The molecule has 0 aliphatic carbocycles. The summed E-state index contributed by atoms with van der Waals surface area (Å²) in [4.78, 5) is 19.6. The molecule has 1 aromatic heterocycles. The first-order valence-corrected chi connectivity index (χ1v) is 6.14. The van der Waals surface area contributed by atoms with Crippen LogP contribution < -0.4 is 0 Å². The summed E-state index contributed by atoms with van der Waals surface area (Å²) < 4.78 is 0. The lowest BCUT2D eigenvalue weighted by Crippen LogP contribution is -2.31. The molecular formula is C13H19N3O2. The number of carboxylic acid groups (broad SMARTS) is 1. The van der Waals surface area contributed by atoms with E-state index in [1.54, 1.807) is 6.07 Å². The van der Waals surface area contributed by atoms with Gasteiger partial charge >= 0.3 is 5.97 Å². The lowest BCUT2D eigenvalue weighted by molar-refractivity contribution is 0.0690. The van der Waals surface area contributed by atoms with Gasteiger partial charge in [0.15, 0.2) is 0 Å². The molecular weight excluding hydrogens is 230 g/mol. The SMILES string of the molecule is CN(C)C1CCN(Cc2cccc(C(=O)O)n2)C1.